The van der Waals surface area contributed by atoms with Crippen LogP contribution in [0.4, 0.5) is 14.5 Å². The number of nitrogens with two attached hydrogens (primary N) is 1. The lowest BCUT2D eigenvalue weighted by atomic mass is 10.0. The molecule has 0 amide bonds. The van der Waals surface area contributed by atoms with Crippen molar-refractivity contribution in [1.82, 2.24) is 0 Å². The van der Waals surface area contributed by atoms with Gasteiger partial charge in [-0.25, -0.2) is 8.78 Å². The van der Waals surface area contributed by atoms with Crippen LogP contribution in [-0.2, 0) is 0 Å². The number of benzene rings is 2. The van der Waals surface area contributed by atoms with Gasteiger partial charge < -0.3 is 16.3 Å². The number of amidine groups is 1. The van der Waals surface area contributed by atoms with Gasteiger partial charge in [0.1, 0.15) is 23.2 Å². The maximum atomic E-state index is 13.7. The Morgan fingerprint density at radius 3 is 2.29 bits per heavy atom. The molecule has 0 heterocycles. The summed E-state index contributed by atoms with van der Waals surface area (Å²) in [5.74, 6) is -1.43. The van der Waals surface area contributed by atoms with Gasteiger partial charge in [-0.05, 0) is 17.7 Å². The van der Waals surface area contributed by atoms with Crippen molar-refractivity contribution in [3.05, 3.63) is 65.7 Å². The SMILES string of the molecule is NC(CC(Nc1c(F)cccc1F)c1ccccc1)=NO. The van der Waals surface area contributed by atoms with Crippen molar-refractivity contribution < 1.29 is 14.0 Å². The topological polar surface area (TPSA) is 70.6 Å². The minimum atomic E-state index is -0.699. The number of oxime groups is 1. The molecule has 0 aliphatic heterocycles. The van der Waals surface area contributed by atoms with Crippen LogP contribution in [0.5, 0.6) is 0 Å². The lowest BCUT2D eigenvalue weighted by molar-refractivity contribution is 0.316. The van der Waals surface area contributed by atoms with Crippen LogP contribution < -0.4 is 11.1 Å². The van der Waals surface area contributed by atoms with Crippen LogP contribution in [0.2, 0.25) is 0 Å². The molecule has 4 nitrogen and oxygen atoms in total. The molecule has 0 saturated carbocycles. The fourth-order valence-electron chi connectivity index (χ4n) is 2.00. The molecule has 6 heteroatoms. The highest BCUT2D eigenvalue weighted by Crippen LogP contribution is 2.26. The van der Waals surface area contributed by atoms with E-state index in [0.717, 1.165) is 17.7 Å². The van der Waals surface area contributed by atoms with Crippen LogP contribution in [0.15, 0.2) is 53.7 Å². The normalized spacial score (nSPS) is 13.0. The standard InChI is InChI=1S/C15H15F2N3O/c16-11-7-4-8-12(17)15(11)19-13(9-14(18)20-21)10-5-2-1-3-6-10/h1-8,13,19,21H,9H2,(H2,18,20). The highest BCUT2D eigenvalue weighted by molar-refractivity contribution is 5.80. The number of rotatable bonds is 5. The van der Waals surface area contributed by atoms with Crippen LogP contribution in [0, 0.1) is 11.6 Å². The van der Waals surface area contributed by atoms with Crippen molar-refractivity contribution in [3.8, 4) is 0 Å². The van der Waals surface area contributed by atoms with Gasteiger partial charge in [0, 0.05) is 6.42 Å². The zero-order valence-corrected chi connectivity index (χ0v) is 11.1. The number of anilines is 1. The molecule has 110 valence electrons. The Morgan fingerprint density at radius 1 is 1.10 bits per heavy atom. The monoisotopic (exact) mass is 291 g/mol. The first-order chi connectivity index (χ1) is 10.1. The third-order valence-electron chi connectivity index (χ3n) is 3.02. The van der Waals surface area contributed by atoms with Crippen molar-refractivity contribution in [1.29, 1.82) is 0 Å². The average molecular weight is 291 g/mol. The zero-order valence-electron chi connectivity index (χ0n) is 11.1. The lowest BCUT2D eigenvalue weighted by Gasteiger charge is -2.20. The summed E-state index contributed by atoms with van der Waals surface area (Å²) in [5, 5.41) is 14.4. The van der Waals surface area contributed by atoms with E-state index in [1.807, 2.05) is 6.07 Å². The minimum Gasteiger partial charge on any atom is -0.409 e. The van der Waals surface area contributed by atoms with Gasteiger partial charge in [0.2, 0.25) is 0 Å². The number of nitrogens with one attached hydrogen (secondary N) is 1. The van der Waals surface area contributed by atoms with Gasteiger partial charge in [0.15, 0.2) is 0 Å². The van der Waals surface area contributed by atoms with Crippen LogP contribution in [0.3, 0.4) is 0 Å². The summed E-state index contributed by atoms with van der Waals surface area (Å²) in [6.07, 6.45) is 0.105. The largest absolute Gasteiger partial charge is 0.409 e. The molecule has 1 unspecified atom stereocenters. The molecule has 2 rings (SSSR count). The molecular formula is C15H15F2N3O. The molecule has 0 bridgehead atoms. The molecule has 2 aromatic carbocycles. The fourth-order valence-corrected chi connectivity index (χ4v) is 2.00. The third-order valence-corrected chi connectivity index (χ3v) is 3.02. The summed E-state index contributed by atoms with van der Waals surface area (Å²) in [4.78, 5) is 0. The van der Waals surface area contributed by atoms with Crippen molar-refractivity contribution in [3.63, 3.8) is 0 Å². The molecule has 21 heavy (non-hydrogen) atoms. The average Bonchev–Trinajstić information content (AvgIpc) is 2.50. The van der Waals surface area contributed by atoms with E-state index in [9.17, 15) is 8.78 Å². The Balaban J connectivity index is 2.32. The van der Waals surface area contributed by atoms with Gasteiger partial charge in [-0.3, -0.25) is 0 Å². The quantitative estimate of drug-likeness (QED) is 0.343. The minimum absolute atomic E-state index is 0.0342. The van der Waals surface area contributed by atoms with Gasteiger partial charge in [0.05, 0.1) is 6.04 Å². The summed E-state index contributed by atoms with van der Waals surface area (Å²) < 4.78 is 27.5. The van der Waals surface area contributed by atoms with Crippen LogP contribution in [0.25, 0.3) is 0 Å². The molecule has 0 aliphatic carbocycles. The summed E-state index contributed by atoms with van der Waals surface area (Å²) >= 11 is 0. The number of hydrogen-bond donors (Lipinski definition) is 3. The highest BCUT2D eigenvalue weighted by atomic mass is 19.1. The molecule has 0 spiro atoms. The maximum Gasteiger partial charge on any atom is 0.149 e. The van der Waals surface area contributed by atoms with E-state index >= 15 is 0 Å². The Morgan fingerprint density at radius 2 is 1.71 bits per heavy atom. The number of para-hydroxylation sites is 1. The molecule has 4 N–H and O–H groups in total. The van der Waals surface area contributed by atoms with Crippen LogP contribution in [-0.4, -0.2) is 11.0 Å². The van der Waals surface area contributed by atoms with E-state index in [-0.39, 0.29) is 17.9 Å². The predicted octanol–water partition coefficient (Wildman–Crippen LogP) is 3.25. The third kappa shape index (κ3) is 3.68. The van der Waals surface area contributed by atoms with E-state index in [0.29, 0.717) is 0 Å². The molecule has 0 radical (unpaired) electrons. The van der Waals surface area contributed by atoms with E-state index < -0.39 is 17.7 Å². The number of hydrogen-bond acceptors (Lipinski definition) is 3. The van der Waals surface area contributed by atoms with Gasteiger partial charge >= 0.3 is 0 Å². The number of nitrogens with zero attached hydrogens (tertiary/aromatic N) is 1. The Bertz CT molecular complexity index is 612. The van der Waals surface area contributed by atoms with Crippen molar-refractivity contribution in [2.45, 2.75) is 12.5 Å². The van der Waals surface area contributed by atoms with Crippen molar-refractivity contribution >= 4 is 11.5 Å². The predicted molar refractivity (Wildman–Crippen MR) is 77.2 cm³/mol. The van der Waals surface area contributed by atoms with Gasteiger partial charge in [-0.2, -0.15) is 0 Å². The van der Waals surface area contributed by atoms with Crippen LogP contribution in [0.1, 0.15) is 18.0 Å². The van der Waals surface area contributed by atoms with E-state index in [4.69, 9.17) is 10.9 Å². The molecule has 0 saturated heterocycles. The fraction of sp³-hybridized carbons (Fsp3) is 0.133. The lowest BCUT2D eigenvalue weighted by Crippen LogP contribution is -2.21. The van der Waals surface area contributed by atoms with Gasteiger partial charge in [-0.1, -0.05) is 41.6 Å². The van der Waals surface area contributed by atoms with Gasteiger partial charge in [0.25, 0.3) is 0 Å². The highest BCUT2D eigenvalue weighted by Gasteiger charge is 2.17. The van der Waals surface area contributed by atoms with E-state index in [1.54, 1.807) is 24.3 Å². The smallest absolute Gasteiger partial charge is 0.149 e. The van der Waals surface area contributed by atoms with E-state index in [2.05, 4.69) is 10.5 Å². The summed E-state index contributed by atoms with van der Waals surface area (Å²) in [5.41, 5.74) is 6.04. The first kappa shape index (κ1) is 14.8. The molecule has 1 atom stereocenters. The maximum absolute atomic E-state index is 13.7. The second-order valence-corrected chi connectivity index (χ2v) is 4.50. The molecule has 0 aliphatic rings. The molecule has 2 aromatic rings. The summed E-state index contributed by atoms with van der Waals surface area (Å²) in [7, 11) is 0. The zero-order chi connectivity index (χ0) is 15.2. The van der Waals surface area contributed by atoms with Crippen molar-refractivity contribution in [2.24, 2.45) is 10.9 Å². The summed E-state index contributed by atoms with van der Waals surface area (Å²) in [6.45, 7) is 0. The molecule has 0 fully saturated rings. The van der Waals surface area contributed by atoms with Gasteiger partial charge in [-0.15, -0.1) is 0 Å². The Hall–Kier alpha value is -2.63. The van der Waals surface area contributed by atoms with Crippen LogP contribution >= 0.6 is 0 Å². The second kappa shape index (κ2) is 6.69. The number of halogens is 2. The van der Waals surface area contributed by atoms with Crippen molar-refractivity contribution in [2.75, 3.05) is 5.32 Å². The summed E-state index contributed by atoms with van der Waals surface area (Å²) in [6, 6.07) is 12.1. The first-order valence-electron chi connectivity index (χ1n) is 6.33. The Labute approximate surface area is 120 Å². The molecular weight excluding hydrogens is 276 g/mol. The first-order valence-corrected chi connectivity index (χ1v) is 6.33. The Kier molecular flexibility index (Phi) is 4.71. The van der Waals surface area contributed by atoms with E-state index in [1.165, 1.54) is 6.07 Å². The molecule has 0 aromatic heterocycles. The second-order valence-electron chi connectivity index (χ2n) is 4.50.